The number of H-pyrrole nitrogens is 1. The Labute approximate surface area is 238 Å². The molecule has 218 valence electrons. The number of carbonyl (C=O) groups excluding carboxylic acids is 1. The fourth-order valence-corrected chi connectivity index (χ4v) is 6.71. The van der Waals surface area contributed by atoms with Gasteiger partial charge in [0.05, 0.1) is 5.69 Å². The van der Waals surface area contributed by atoms with Gasteiger partial charge in [-0.2, -0.15) is 0 Å². The smallest absolute Gasteiger partial charge is 0.253 e. The summed E-state index contributed by atoms with van der Waals surface area (Å²) in [5, 5.41) is 18.1. The molecule has 0 radical (unpaired) electrons. The number of nitrogens with zero attached hydrogens (tertiary/aromatic N) is 2. The molecule has 1 aromatic carbocycles. The summed E-state index contributed by atoms with van der Waals surface area (Å²) in [6.45, 7) is 13.4. The summed E-state index contributed by atoms with van der Waals surface area (Å²) in [5.41, 5.74) is 6.21. The summed E-state index contributed by atoms with van der Waals surface area (Å²) < 4.78 is 0. The molecular formula is C31H47N7O2. The highest BCUT2D eigenvalue weighted by atomic mass is 16.1. The Balaban J connectivity index is 1.63. The van der Waals surface area contributed by atoms with Crippen molar-refractivity contribution in [1.82, 2.24) is 20.5 Å². The first-order valence-electron chi connectivity index (χ1n) is 14.9. The lowest BCUT2D eigenvalue weighted by Gasteiger charge is -2.43. The molecule has 9 nitrogen and oxygen atoms in total. The average Bonchev–Trinajstić information content (AvgIpc) is 2.97. The van der Waals surface area contributed by atoms with Crippen LogP contribution in [0.15, 0.2) is 16.9 Å². The zero-order valence-corrected chi connectivity index (χ0v) is 24.9. The Morgan fingerprint density at radius 2 is 1.82 bits per heavy atom. The number of benzene rings is 1. The van der Waals surface area contributed by atoms with Gasteiger partial charge in [0.25, 0.3) is 11.5 Å². The van der Waals surface area contributed by atoms with Crippen LogP contribution in [0.3, 0.4) is 0 Å². The fourth-order valence-electron chi connectivity index (χ4n) is 6.71. The quantitative estimate of drug-likeness (QED) is 0.290. The number of rotatable bonds is 10. The van der Waals surface area contributed by atoms with E-state index in [0.717, 1.165) is 79.3 Å². The summed E-state index contributed by atoms with van der Waals surface area (Å²) in [4.78, 5) is 34.1. The van der Waals surface area contributed by atoms with Crippen molar-refractivity contribution < 1.29 is 4.79 Å². The average molecular weight is 550 g/mol. The van der Waals surface area contributed by atoms with Crippen molar-refractivity contribution in [3.05, 3.63) is 56.0 Å². The van der Waals surface area contributed by atoms with E-state index in [1.165, 1.54) is 19.1 Å². The summed E-state index contributed by atoms with van der Waals surface area (Å²) in [5.74, 6) is -0.205. The Hall–Kier alpha value is -3.17. The summed E-state index contributed by atoms with van der Waals surface area (Å²) in [6.07, 6.45) is 6.64. The van der Waals surface area contributed by atoms with E-state index < -0.39 is 0 Å². The predicted molar refractivity (Wildman–Crippen MR) is 164 cm³/mol. The van der Waals surface area contributed by atoms with E-state index in [-0.39, 0.29) is 18.0 Å². The Bertz CT molecular complexity index is 1260. The number of piperazine rings is 1. The number of aromatic amines is 1. The third-order valence-electron chi connectivity index (χ3n) is 8.78. The normalized spacial score (nSPS) is 19.7. The van der Waals surface area contributed by atoms with Gasteiger partial charge in [0.2, 0.25) is 0 Å². The highest BCUT2D eigenvalue weighted by Gasteiger charge is 2.32. The van der Waals surface area contributed by atoms with Gasteiger partial charge in [-0.25, -0.2) is 0 Å². The number of amides is 1. The third kappa shape index (κ3) is 6.25. The van der Waals surface area contributed by atoms with E-state index in [2.05, 4.69) is 44.6 Å². The predicted octanol–water partition coefficient (Wildman–Crippen LogP) is 3.57. The SMILES string of the molecule is CCc1c(C(=O)NCc2c(C)cc(C)[nH]c2=O)cc(NC)c(C=N)c1N(CC)C1CCC(N2CCNCC2)CC1. The molecule has 2 aliphatic rings. The molecule has 0 bridgehead atoms. The number of hydrogen-bond acceptors (Lipinski definition) is 7. The molecule has 1 aliphatic heterocycles. The van der Waals surface area contributed by atoms with Crippen LogP contribution in [-0.2, 0) is 13.0 Å². The van der Waals surface area contributed by atoms with E-state index in [1.807, 2.05) is 33.0 Å². The van der Waals surface area contributed by atoms with Crippen molar-refractivity contribution >= 4 is 23.5 Å². The van der Waals surface area contributed by atoms with Crippen LogP contribution in [0.1, 0.15) is 77.8 Å². The lowest BCUT2D eigenvalue weighted by atomic mass is 9.87. The van der Waals surface area contributed by atoms with Crippen LogP contribution >= 0.6 is 0 Å². The topological polar surface area (TPSA) is 116 Å². The maximum Gasteiger partial charge on any atom is 0.253 e. The second-order valence-electron chi connectivity index (χ2n) is 11.1. The molecule has 1 aliphatic carbocycles. The number of carbonyl (C=O) groups is 1. The second-order valence-corrected chi connectivity index (χ2v) is 11.1. The van der Waals surface area contributed by atoms with Crippen molar-refractivity contribution in [2.24, 2.45) is 0 Å². The fraction of sp³-hybridized carbons (Fsp3) is 0.581. The summed E-state index contributed by atoms with van der Waals surface area (Å²) in [7, 11) is 1.84. The molecule has 2 fully saturated rings. The molecule has 1 amide bonds. The molecule has 0 unspecified atom stereocenters. The molecule has 2 aromatic rings. The van der Waals surface area contributed by atoms with Gasteiger partial charge >= 0.3 is 0 Å². The number of aryl methyl sites for hydroxylation is 2. The molecular weight excluding hydrogens is 502 g/mol. The van der Waals surface area contributed by atoms with Crippen molar-refractivity contribution in [1.29, 1.82) is 5.41 Å². The minimum absolute atomic E-state index is 0.160. The van der Waals surface area contributed by atoms with Gasteiger partial charge in [0.15, 0.2) is 0 Å². The number of pyridine rings is 1. The van der Waals surface area contributed by atoms with Gasteiger partial charge in [0, 0.05) is 92.7 Å². The zero-order chi connectivity index (χ0) is 28.8. The van der Waals surface area contributed by atoms with Crippen molar-refractivity contribution in [2.45, 2.75) is 78.4 Å². The van der Waals surface area contributed by atoms with Crippen LogP contribution in [0.2, 0.25) is 0 Å². The Morgan fingerprint density at radius 3 is 2.40 bits per heavy atom. The summed E-state index contributed by atoms with van der Waals surface area (Å²) >= 11 is 0. The maximum absolute atomic E-state index is 13.7. The van der Waals surface area contributed by atoms with Crippen LogP contribution < -0.4 is 26.4 Å². The van der Waals surface area contributed by atoms with Crippen LogP contribution in [0, 0.1) is 19.3 Å². The van der Waals surface area contributed by atoms with Gasteiger partial charge in [-0.15, -0.1) is 0 Å². The van der Waals surface area contributed by atoms with Crippen LogP contribution in [-0.4, -0.2) is 73.9 Å². The second kappa shape index (κ2) is 13.5. The van der Waals surface area contributed by atoms with Crippen LogP contribution in [0.4, 0.5) is 11.4 Å². The van der Waals surface area contributed by atoms with Gasteiger partial charge in [-0.3, -0.25) is 14.5 Å². The van der Waals surface area contributed by atoms with Crippen molar-refractivity contribution in [2.75, 3.05) is 50.0 Å². The standard InChI is InChI=1S/C31H47N7O2/c1-6-24-25(30(39)35-19-27-20(3)16-21(4)36-31(27)40)17-28(33-5)26(18-32)29(24)38(7-2)23-10-8-22(9-11-23)37-14-12-34-13-15-37/h16-18,22-23,32-34H,6-15,19H2,1-5H3,(H,35,39)(H,36,40). The van der Waals surface area contributed by atoms with Crippen molar-refractivity contribution in [3.8, 4) is 0 Å². The molecule has 1 aromatic heterocycles. The van der Waals surface area contributed by atoms with Gasteiger partial charge < -0.3 is 31.2 Å². The van der Waals surface area contributed by atoms with E-state index in [1.54, 1.807) is 0 Å². The zero-order valence-electron chi connectivity index (χ0n) is 24.9. The highest BCUT2D eigenvalue weighted by molar-refractivity contribution is 6.04. The van der Waals surface area contributed by atoms with E-state index >= 15 is 0 Å². The first-order valence-corrected chi connectivity index (χ1v) is 14.9. The maximum atomic E-state index is 13.7. The number of aromatic nitrogens is 1. The molecule has 5 N–H and O–H groups in total. The Kier molecular flexibility index (Phi) is 10.0. The molecule has 1 saturated carbocycles. The van der Waals surface area contributed by atoms with E-state index in [9.17, 15) is 9.59 Å². The largest absolute Gasteiger partial charge is 0.388 e. The Morgan fingerprint density at radius 1 is 1.12 bits per heavy atom. The third-order valence-corrected chi connectivity index (χ3v) is 8.78. The van der Waals surface area contributed by atoms with Crippen molar-refractivity contribution in [3.63, 3.8) is 0 Å². The molecule has 40 heavy (non-hydrogen) atoms. The molecule has 4 rings (SSSR count). The lowest BCUT2D eigenvalue weighted by Crippen LogP contribution is -2.51. The molecule has 9 heteroatoms. The molecule has 2 heterocycles. The monoisotopic (exact) mass is 549 g/mol. The number of hydrogen-bond donors (Lipinski definition) is 5. The van der Waals surface area contributed by atoms with Crippen LogP contribution in [0.25, 0.3) is 0 Å². The van der Waals surface area contributed by atoms with E-state index in [0.29, 0.717) is 29.6 Å². The molecule has 0 spiro atoms. The summed E-state index contributed by atoms with van der Waals surface area (Å²) in [6, 6.07) is 4.79. The molecule has 0 atom stereocenters. The lowest BCUT2D eigenvalue weighted by molar-refractivity contribution is 0.0950. The number of anilines is 2. The van der Waals surface area contributed by atoms with Gasteiger partial charge in [-0.05, 0) is 76.1 Å². The minimum Gasteiger partial charge on any atom is -0.388 e. The van der Waals surface area contributed by atoms with Crippen LogP contribution in [0.5, 0.6) is 0 Å². The highest BCUT2D eigenvalue weighted by Crippen LogP contribution is 2.38. The van der Waals surface area contributed by atoms with E-state index in [4.69, 9.17) is 5.41 Å². The first-order chi connectivity index (χ1) is 19.3. The van der Waals surface area contributed by atoms with Gasteiger partial charge in [-0.1, -0.05) is 6.92 Å². The molecule has 1 saturated heterocycles. The first kappa shape index (κ1) is 29.8. The van der Waals surface area contributed by atoms with Gasteiger partial charge in [0.1, 0.15) is 0 Å². The minimum atomic E-state index is -0.205. The number of nitrogens with one attached hydrogen (secondary N) is 5.